The molecular weight excluding hydrogens is 404 g/mol. The van der Waals surface area contributed by atoms with Crippen LogP contribution in [-0.4, -0.2) is 41.9 Å². The molecule has 0 saturated heterocycles. The monoisotopic (exact) mass is 450 g/mol. The van der Waals surface area contributed by atoms with Gasteiger partial charge in [0.05, 0.1) is 0 Å². The minimum absolute atomic E-state index is 0.123. The number of amides is 1. The van der Waals surface area contributed by atoms with E-state index in [9.17, 15) is 9.59 Å². The van der Waals surface area contributed by atoms with Gasteiger partial charge in [-0.1, -0.05) is 44.6 Å². The molecular formula is C26H46N2O4. The van der Waals surface area contributed by atoms with Crippen molar-refractivity contribution < 1.29 is 19.1 Å². The van der Waals surface area contributed by atoms with Gasteiger partial charge in [0.1, 0.15) is 17.7 Å². The molecule has 2 rings (SSSR count). The number of allylic oxidation sites excluding steroid dienone is 1. The highest BCUT2D eigenvalue weighted by atomic mass is 16.6. The Bertz CT molecular complexity index is 581. The van der Waals surface area contributed by atoms with Crippen molar-refractivity contribution in [2.45, 2.75) is 140 Å². The van der Waals surface area contributed by atoms with E-state index in [1.807, 2.05) is 26.8 Å². The largest absolute Gasteiger partial charge is 0.459 e. The van der Waals surface area contributed by atoms with E-state index in [1.54, 1.807) is 0 Å². The second-order valence-electron chi connectivity index (χ2n) is 10.5. The molecule has 32 heavy (non-hydrogen) atoms. The van der Waals surface area contributed by atoms with Crippen molar-refractivity contribution in [3.05, 3.63) is 12.7 Å². The number of esters is 1. The molecule has 3 unspecified atom stereocenters. The van der Waals surface area contributed by atoms with Gasteiger partial charge in [0.15, 0.2) is 0 Å². The highest BCUT2D eigenvalue weighted by molar-refractivity contribution is 5.81. The molecule has 0 aromatic rings. The molecule has 184 valence electrons. The predicted octanol–water partition coefficient (Wildman–Crippen LogP) is 5.79. The average Bonchev–Trinajstić information content (AvgIpc) is 2.73. The lowest BCUT2D eigenvalue weighted by Gasteiger charge is -2.36. The van der Waals surface area contributed by atoms with E-state index >= 15 is 0 Å². The fraction of sp³-hybridized carbons (Fsp3) is 0.846. The van der Waals surface area contributed by atoms with Crippen LogP contribution in [-0.2, 0) is 14.3 Å². The smallest absolute Gasteiger partial charge is 0.408 e. The predicted molar refractivity (Wildman–Crippen MR) is 129 cm³/mol. The fourth-order valence-corrected chi connectivity index (χ4v) is 4.74. The molecule has 0 aromatic carbocycles. The Labute approximate surface area is 195 Å². The quantitative estimate of drug-likeness (QED) is 0.237. The van der Waals surface area contributed by atoms with Crippen LogP contribution >= 0.6 is 0 Å². The van der Waals surface area contributed by atoms with Crippen LogP contribution in [0.3, 0.4) is 0 Å². The summed E-state index contributed by atoms with van der Waals surface area (Å²) >= 11 is 0. The van der Waals surface area contributed by atoms with Gasteiger partial charge >= 0.3 is 12.1 Å². The Morgan fingerprint density at radius 1 is 1.00 bits per heavy atom. The summed E-state index contributed by atoms with van der Waals surface area (Å²) in [6, 6.07) is 0.0741. The van der Waals surface area contributed by atoms with Gasteiger partial charge in [-0.3, -0.25) is 0 Å². The van der Waals surface area contributed by atoms with Crippen LogP contribution in [0.25, 0.3) is 0 Å². The van der Waals surface area contributed by atoms with E-state index in [2.05, 4.69) is 17.2 Å². The Hall–Kier alpha value is -1.56. The summed E-state index contributed by atoms with van der Waals surface area (Å²) in [6.07, 6.45) is 16.1. The van der Waals surface area contributed by atoms with Crippen molar-refractivity contribution in [3.8, 4) is 0 Å². The maximum Gasteiger partial charge on any atom is 0.408 e. The molecule has 2 saturated carbocycles. The minimum atomic E-state index is -0.675. The van der Waals surface area contributed by atoms with Crippen molar-refractivity contribution >= 4 is 12.1 Å². The second kappa shape index (κ2) is 13.9. The van der Waals surface area contributed by atoms with Gasteiger partial charge < -0.3 is 20.1 Å². The first-order valence-electron chi connectivity index (χ1n) is 12.9. The lowest BCUT2D eigenvalue weighted by atomic mass is 9.89. The summed E-state index contributed by atoms with van der Waals surface area (Å²) in [6.45, 7) is 9.21. The number of carbonyl (C=O) groups excluding carboxylic acids is 2. The standard InChI is InChI=1S/C26H46N2O4/c1-5-6-7-8-12-18-22(28-25(30)32-26(2,3)4)24(29)31-23-19-14-13-17-21(23)27-20-15-10-9-11-16-20/h5,20-23,27H,1,6-19H2,2-4H3,(H,28,30). The van der Waals surface area contributed by atoms with Gasteiger partial charge in [-0.15, -0.1) is 6.58 Å². The summed E-state index contributed by atoms with van der Waals surface area (Å²) in [5.41, 5.74) is -0.610. The van der Waals surface area contributed by atoms with Gasteiger partial charge in [-0.2, -0.15) is 0 Å². The first-order valence-corrected chi connectivity index (χ1v) is 12.9. The number of rotatable bonds is 11. The van der Waals surface area contributed by atoms with E-state index < -0.39 is 17.7 Å². The molecule has 2 fully saturated rings. The topological polar surface area (TPSA) is 76.7 Å². The number of unbranched alkanes of at least 4 members (excludes halogenated alkanes) is 3. The van der Waals surface area contributed by atoms with Crippen LogP contribution in [0.5, 0.6) is 0 Å². The normalized spacial score (nSPS) is 23.2. The number of ether oxygens (including phenoxy) is 2. The third-order valence-corrected chi connectivity index (χ3v) is 6.40. The van der Waals surface area contributed by atoms with Crippen LogP contribution in [0.15, 0.2) is 12.7 Å². The third-order valence-electron chi connectivity index (χ3n) is 6.40. The van der Waals surface area contributed by atoms with E-state index in [4.69, 9.17) is 9.47 Å². The van der Waals surface area contributed by atoms with Gasteiger partial charge in [-0.05, 0) is 72.1 Å². The maximum absolute atomic E-state index is 13.1. The minimum Gasteiger partial charge on any atom is -0.459 e. The molecule has 2 N–H and O–H groups in total. The number of alkyl carbamates (subject to hydrolysis) is 1. The van der Waals surface area contributed by atoms with Crippen molar-refractivity contribution in [2.24, 2.45) is 0 Å². The van der Waals surface area contributed by atoms with Crippen LogP contribution < -0.4 is 10.6 Å². The first kappa shape index (κ1) is 26.7. The van der Waals surface area contributed by atoms with Crippen LogP contribution in [0.1, 0.15) is 111 Å². The molecule has 2 aliphatic rings. The number of hydrogen-bond donors (Lipinski definition) is 2. The van der Waals surface area contributed by atoms with E-state index in [0.717, 1.165) is 44.9 Å². The fourth-order valence-electron chi connectivity index (χ4n) is 4.74. The summed E-state index contributed by atoms with van der Waals surface area (Å²) < 4.78 is 11.4. The van der Waals surface area contributed by atoms with E-state index in [0.29, 0.717) is 12.5 Å². The van der Waals surface area contributed by atoms with Gasteiger partial charge in [0.2, 0.25) is 0 Å². The van der Waals surface area contributed by atoms with E-state index in [1.165, 1.54) is 38.5 Å². The zero-order valence-corrected chi connectivity index (χ0v) is 20.6. The first-order chi connectivity index (χ1) is 15.3. The Balaban J connectivity index is 1.94. The summed E-state index contributed by atoms with van der Waals surface area (Å²) in [4.78, 5) is 25.5. The molecule has 2 aliphatic carbocycles. The van der Waals surface area contributed by atoms with Gasteiger partial charge in [0.25, 0.3) is 0 Å². The lowest BCUT2D eigenvalue weighted by molar-refractivity contribution is -0.155. The molecule has 3 atom stereocenters. The van der Waals surface area contributed by atoms with Crippen LogP contribution in [0.2, 0.25) is 0 Å². The molecule has 6 heteroatoms. The summed E-state index contributed by atoms with van der Waals surface area (Å²) in [5.74, 6) is -0.332. The number of carbonyl (C=O) groups is 2. The molecule has 0 aromatic heterocycles. The zero-order valence-electron chi connectivity index (χ0n) is 20.6. The van der Waals surface area contributed by atoms with Gasteiger partial charge in [0, 0.05) is 12.1 Å². The van der Waals surface area contributed by atoms with E-state index in [-0.39, 0.29) is 18.1 Å². The Kier molecular flexibility index (Phi) is 11.6. The van der Waals surface area contributed by atoms with Crippen molar-refractivity contribution in [1.29, 1.82) is 0 Å². The summed E-state index contributed by atoms with van der Waals surface area (Å²) in [7, 11) is 0. The van der Waals surface area contributed by atoms with Crippen molar-refractivity contribution in [1.82, 2.24) is 10.6 Å². The van der Waals surface area contributed by atoms with Crippen molar-refractivity contribution in [3.63, 3.8) is 0 Å². The lowest BCUT2D eigenvalue weighted by Crippen LogP contribution is -2.51. The van der Waals surface area contributed by atoms with Crippen LogP contribution in [0.4, 0.5) is 4.79 Å². The SMILES string of the molecule is C=CCCCCCC(NC(=O)OC(C)(C)C)C(=O)OC1CCCCC1NC1CCCCC1. The highest BCUT2D eigenvalue weighted by Gasteiger charge is 2.33. The molecule has 0 heterocycles. The Morgan fingerprint density at radius 3 is 2.38 bits per heavy atom. The third kappa shape index (κ3) is 10.4. The number of hydrogen-bond acceptors (Lipinski definition) is 5. The molecule has 1 amide bonds. The Morgan fingerprint density at radius 2 is 1.69 bits per heavy atom. The maximum atomic E-state index is 13.1. The molecule has 0 aliphatic heterocycles. The summed E-state index contributed by atoms with van der Waals surface area (Å²) in [5, 5.41) is 6.57. The van der Waals surface area contributed by atoms with Crippen molar-refractivity contribution in [2.75, 3.05) is 0 Å². The average molecular weight is 451 g/mol. The number of nitrogens with one attached hydrogen (secondary N) is 2. The van der Waals surface area contributed by atoms with Gasteiger partial charge in [-0.25, -0.2) is 9.59 Å². The highest BCUT2D eigenvalue weighted by Crippen LogP contribution is 2.25. The van der Waals surface area contributed by atoms with Crippen LogP contribution in [0, 0.1) is 0 Å². The molecule has 0 radical (unpaired) electrons. The zero-order chi connectivity index (χ0) is 23.4. The molecule has 6 nitrogen and oxygen atoms in total. The second-order valence-corrected chi connectivity index (χ2v) is 10.5. The molecule has 0 spiro atoms. The molecule has 0 bridgehead atoms.